The highest BCUT2D eigenvalue weighted by Crippen LogP contribution is 2.17. The molecule has 0 aliphatic heterocycles. The van der Waals surface area contributed by atoms with E-state index in [9.17, 15) is 19.8 Å². The van der Waals surface area contributed by atoms with Gasteiger partial charge >= 0.3 is 5.97 Å². The fourth-order valence-electron chi connectivity index (χ4n) is 8.58. The third-order valence-electron chi connectivity index (χ3n) is 12.8. The molecule has 0 radical (unpaired) electrons. The molecule has 3 N–H and O–H groups in total. The average Bonchev–Trinajstić information content (AvgIpc) is 3.26. The molecule has 0 aromatic rings. The summed E-state index contributed by atoms with van der Waals surface area (Å²) >= 11 is 0. The van der Waals surface area contributed by atoms with Crippen LogP contribution in [-0.2, 0) is 14.3 Å². The van der Waals surface area contributed by atoms with Gasteiger partial charge in [-0.25, -0.2) is 0 Å². The fourth-order valence-corrected chi connectivity index (χ4v) is 8.58. The number of ether oxygens (including phenoxy) is 1. The molecule has 6 nitrogen and oxygen atoms in total. The van der Waals surface area contributed by atoms with E-state index in [0.29, 0.717) is 25.9 Å². The molecule has 0 aromatic heterocycles. The predicted octanol–water partition coefficient (Wildman–Crippen LogP) is 16.5. The van der Waals surface area contributed by atoms with Gasteiger partial charge in [-0.2, -0.15) is 0 Å². The van der Waals surface area contributed by atoms with Gasteiger partial charge in [0.05, 0.1) is 25.4 Å². The maximum atomic E-state index is 12.4. The van der Waals surface area contributed by atoms with E-state index in [1.54, 1.807) is 0 Å². The molecule has 61 heavy (non-hydrogen) atoms. The zero-order chi connectivity index (χ0) is 44.4. The van der Waals surface area contributed by atoms with Crippen molar-refractivity contribution in [1.29, 1.82) is 0 Å². The molecule has 362 valence electrons. The van der Waals surface area contributed by atoms with Crippen LogP contribution in [0.3, 0.4) is 0 Å². The molecule has 1 amide bonds. The first-order valence-electron chi connectivity index (χ1n) is 27.4. The summed E-state index contributed by atoms with van der Waals surface area (Å²) in [5, 5.41) is 23.2. The lowest BCUT2D eigenvalue weighted by molar-refractivity contribution is -0.143. The Morgan fingerprint density at radius 1 is 0.443 bits per heavy atom. The normalized spacial score (nSPS) is 12.7. The number of amides is 1. The van der Waals surface area contributed by atoms with E-state index in [1.165, 1.54) is 193 Å². The molecule has 6 heteroatoms. The third-order valence-corrected chi connectivity index (χ3v) is 12.8. The summed E-state index contributed by atoms with van der Waals surface area (Å²) in [6.45, 7) is 4.91. The lowest BCUT2D eigenvalue weighted by Gasteiger charge is -2.22. The second-order valence-electron chi connectivity index (χ2n) is 18.9. The van der Waals surface area contributed by atoms with Crippen molar-refractivity contribution in [1.82, 2.24) is 5.32 Å². The van der Waals surface area contributed by atoms with E-state index in [-0.39, 0.29) is 18.5 Å². The van der Waals surface area contributed by atoms with Gasteiger partial charge in [-0.3, -0.25) is 9.59 Å². The van der Waals surface area contributed by atoms with E-state index >= 15 is 0 Å². The molecule has 0 spiro atoms. The highest BCUT2D eigenvalue weighted by atomic mass is 16.5. The Morgan fingerprint density at radius 3 is 1.16 bits per heavy atom. The first-order chi connectivity index (χ1) is 30.0. The standard InChI is InChI=1S/C55H107NO5/c1-3-5-7-9-11-13-15-17-18-19-20-21-22-24-29-33-37-41-45-49-55(60)61-50-46-42-38-34-30-26-25-28-32-36-40-44-48-54(59)56-52(51-57)53(58)47-43-39-35-31-27-23-16-14-12-10-8-6-4-2/h26,30,52-53,57-58H,3-25,27-29,31-51H2,1-2H3,(H,56,59)/b30-26-. The number of esters is 1. The van der Waals surface area contributed by atoms with Crippen molar-refractivity contribution in [3.05, 3.63) is 12.2 Å². The van der Waals surface area contributed by atoms with Gasteiger partial charge < -0.3 is 20.3 Å². The van der Waals surface area contributed by atoms with Crippen molar-refractivity contribution in [2.75, 3.05) is 13.2 Å². The number of carbonyl (C=O) groups excluding carboxylic acids is 2. The van der Waals surface area contributed by atoms with Gasteiger partial charge in [0.1, 0.15) is 0 Å². The molecule has 0 rings (SSSR count). The largest absolute Gasteiger partial charge is 0.466 e. The number of nitrogens with one attached hydrogen (secondary N) is 1. The summed E-state index contributed by atoms with van der Waals surface area (Å²) in [7, 11) is 0. The Morgan fingerprint density at radius 2 is 0.770 bits per heavy atom. The first-order valence-corrected chi connectivity index (χ1v) is 27.4. The monoisotopic (exact) mass is 862 g/mol. The van der Waals surface area contributed by atoms with Crippen LogP contribution in [0.5, 0.6) is 0 Å². The molecule has 0 aliphatic rings. The van der Waals surface area contributed by atoms with Crippen molar-refractivity contribution in [3.63, 3.8) is 0 Å². The number of aliphatic hydroxyl groups is 2. The number of hydrogen-bond donors (Lipinski definition) is 3. The molecule has 2 unspecified atom stereocenters. The van der Waals surface area contributed by atoms with Crippen molar-refractivity contribution >= 4 is 11.9 Å². The number of rotatable bonds is 51. The lowest BCUT2D eigenvalue weighted by Crippen LogP contribution is -2.45. The number of carbonyl (C=O) groups is 2. The van der Waals surface area contributed by atoms with Crippen molar-refractivity contribution in [2.45, 2.75) is 315 Å². The van der Waals surface area contributed by atoms with Crippen LogP contribution >= 0.6 is 0 Å². The van der Waals surface area contributed by atoms with Gasteiger partial charge in [-0.1, -0.05) is 244 Å². The Balaban J connectivity index is 3.45. The minimum absolute atomic E-state index is 0.0177. The van der Waals surface area contributed by atoms with Crippen molar-refractivity contribution < 1.29 is 24.5 Å². The van der Waals surface area contributed by atoms with E-state index in [1.807, 2.05) is 0 Å². The smallest absolute Gasteiger partial charge is 0.305 e. The lowest BCUT2D eigenvalue weighted by atomic mass is 10.0. The molecule has 0 saturated carbocycles. The summed E-state index contributed by atoms with van der Waals surface area (Å²) in [4.78, 5) is 24.5. The van der Waals surface area contributed by atoms with Gasteiger partial charge in [0, 0.05) is 12.8 Å². The van der Waals surface area contributed by atoms with Crippen LogP contribution in [0, 0.1) is 0 Å². The molecular weight excluding hydrogens is 755 g/mol. The number of allylic oxidation sites excluding steroid dienone is 2. The summed E-state index contributed by atoms with van der Waals surface area (Å²) in [5.74, 6) is -0.0773. The van der Waals surface area contributed by atoms with Gasteiger partial charge in [0.25, 0.3) is 0 Å². The van der Waals surface area contributed by atoms with E-state index in [2.05, 4.69) is 31.3 Å². The topological polar surface area (TPSA) is 95.9 Å². The molecule has 0 aromatic carbocycles. The highest BCUT2D eigenvalue weighted by Gasteiger charge is 2.20. The van der Waals surface area contributed by atoms with E-state index in [4.69, 9.17) is 4.74 Å². The summed E-state index contributed by atoms with van der Waals surface area (Å²) < 4.78 is 5.46. The minimum atomic E-state index is -0.678. The van der Waals surface area contributed by atoms with Crippen molar-refractivity contribution in [2.24, 2.45) is 0 Å². The summed E-state index contributed by atoms with van der Waals surface area (Å²) in [5.41, 5.74) is 0. The van der Waals surface area contributed by atoms with Crippen LogP contribution in [0.4, 0.5) is 0 Å². The Kier molecular flexibility index (Phi) is 50.1. The molecule has 2 atom stereocenters. The van der Waals surface area contributed by atoms with Crippen molar-refractivity contribution in [3.8, 4) is 0 Å². The van der Waals surface area contributed by atoms with Crippen LogP contribution in [0.15, 0.2) is 12.2 Å². The van der Waals surface area contributed by atoms with E-state index < -0.39 is 12.1 Å². The van der Waals surface area contributed by atoms with Gasteiger partial charge in [-0.05, 0) is 57.8 Å². The summed E-state index contributed by atoms with van der Waals surface area (Å²) in [6.07, 6.45) is 59.1. The maximum absolute atomic E-state index is 12.4. The van der Waals surface area contributed by atoms with Gasteiger partial charge in [0.15, 0.2) is 0 Å². The SMILES string of the molecule is CCCCCCCCCCCCCCCCCCCCCC(=O)OCCCCC/C=C\CCCCCCCC(=O)NC(CO)C(O)CCCCCCCCCCCCCCC. The predicted molar refractivity (Wildman–Crippen MR) is 264 cm³/mol. The molecule has 0 aliphatic carbocycles. The Hall–Kier alpha value is -1.40. The van der Waals surface area contributed by atoms with Crippen LogP contribution in [0.1, 0.15) is 303 Å². The van der Waals surface area contributed by atoms with Gasteiger partial charge in [0.2, 0.25) is 5.91 Å². The number of aliphatic hydroxyl groups excluding tert-OH is 2. The molecular formula is C55H107NO5. The van der Waals surface area contributed by atoms with Gasteiger partial charge in [-0.15, -0.1) is 0 Å². The number of unbranched alkanes of at least 4 members (excludes halogenated alkanes) is 38. The molecule has 0 saturated heterocycles. The van der Waals surface area contributed by atoms with Crippen LogP contribution in [0.2, 0.25) is 0 Å². The van der Waals surface area contributed by atoms with Crippen LogP contribution < -0.4 is 5.32 Å². The second kappa shape index (κ2) is 51.2. The second-order valence-corrected chi connectivity index (χ2v) is 18.9. The fraction of sp³-hybridized carbons (Fsp3) is 0.927. The van der Waals surface area contributed by atoms with E-state index in [0.717, 1.165) is 77.0 Å². The zero-order valence-electron chi connectivity index (χ0n) is 41.2. The van der Waals surface area contributed by atoms with Crippen LogP contribution in [0.25, 0.3) is 0 Å². The Labute approximate surface area is 380 Å². The average molecular weight is 862 g/mol. The third kappa shape index (κ3) is 47.9. The minimum Gasteiger partial charge on any atom is -0.466 e. The zero-order valence-corrected chi connectivity index (χ0v) is 41.2. The molecule has 0 heterocycles. The molecule has 0 fully saturated rings. The molecule has 0 bridgehead atoms. The first kappa shape index (κ1) is 59.6. The highest BCUT2D eigenvalue weighted by molar-refractivity contribution is 5.76. The quantitative estimate of drug-likeness (QED) is 0.0322. The number of hydrogen-bond acceptors (Lipinski definition) is 5. The Bertz CT molecular complexity index is 909. The maximum Gasteiger partial charge on any atom is 0.305 e. The van der Waals surface area contributed by atoms with Crippen LogP contribution in [-0.4, -0.2) is 47.4 Å². The summed E-state index contributed by atoms with van der Waals surface area (Å²) in [6, 6.07) is -0.558.